The summed E-state index contributed by atoms with van der Waals surface area (Å²) in [5.41, 5.74) is 2.53. The number of carbonyl (C=O) groups excluding carboxylic acids is 1. The molecule has 1 aromatic carbocycles. The van der Waals surface area contributed by atoms with Crippen molar-refractivity contribution < 1.29 is 4.79 Å². The summed E-state index contributed by atoms with van der Waals surface area (Å²) < 4.78 is 0. The fourth-order valence-electron chi connectivity index (χ4n) is 5.10. The Hall–Kier alpha value is -2.15. The molecule has 2 aromatic heterocycles. The average molecular weight is 453 g/mol. The second-order valence-electron chi connectivity index (χ2n) is 9.34. The maximum atomic E-state index is 12.5. The first-order valence-corrected chi connectivity index (χ1v) is 12.6. The summed E-state index contributed by atoms with van der Waals surface area (Å²) in [6.45, 7) is 6.16. The Balaban J connectivity index is 1.18. The predicted molar refractivity (Wildman–Crippen MR) is 134 cm³/mol. The number of carbonyl (C=O) groups is 1. The lowest BCUT2D eigenvalue weighted by Gasteiger charge is -2.45. The number of piperidine rings is 1. The van der Waals surface area contributed by atoms with Crippen LogP contribution in [0.1, 0.15) is 49.0 Å². The minimum Gasteiger partial charge on any atom is -0.361 e. The van der Waals surface area contributed by atoms with Gasteiger partial charge in [-0.05, 0) is 68.9 Å². The van der Waals surface area contributed by atoms with E-state index in [9.17, 15) is 4.79 Å². The van der Waals surface area contributed by atoms with Crippen molar-refractivity contribution in [2.45, 2.75) is 44.1 Å². The average Bonchev–Trinajstić information content (AvgIpc) is 3.47. The molecule has 1 fully saturated rings. The first-order chi connectivity index (χ1) is 15.5. The number of likely N-dealkylation sites (tertiary alicyclic amines) is 1. The molecule has 4 rings (SSSR count). The number of para-hydroxylation sites is 1. The number of rotatable bonds is 9. The summed E-state index contributed by atoms with van der Waals surface area (Å²) in [4.78, 5) is 22.2. The molecule has 32 heavy (non-hydrogen) atoms. The molecule has 3 aromatic rings. The highest BCUT2D eigenvalue weighted by molar-refractivity contribution is 7.10. The second kappa shape index (κ2) is 10.2. The normalized spacial score (nSPS) is 17.6. The van der Waals surface area contributed by atoms with Crippen LogP contribution >= 0.6 is 11.3 Å². The van der Waals surface area contributed by atoms with E-state index in [1.165, 1.54) is 15.8 Å². The van der Waals surface area contributed by atoms with Gasteiger partial charge in [-0.15, -0.1) is 11.3 Å². The van der Waals surface area contributed by atoms with Crippen molar-refractivity contribution in [2.75, 3.05) is 40.3 Å². The molecule has 0 radical (unpaired) electrons. The molecule has 1 amide bonds. The van der Waals surface area contributed by atoms with Gasteiger partial charge in [-0.3, -0.25) is 9.69 Å². The lowest BCUT2D eigenvalue weighted by molar-refractivity contribution is -0.121. The molecule has 3 heterocycles. The number of hydrogen-bond donors (Lipinski definition) is 2. The first-order valence-electron chi connectivity index (χ1n) is 11.8. The Bertz CT molecular complexity index is 1000. The maximum absolute atomic E-state index is 12.5. The molecule has 2 N–H and O–H groups in total. The lowest BCUT2D eigenvalue weighted by Crippen LogP contribution is -2.50. The molecule has 0 bridgehead atoms. The van der Waals surface area contributed by atoms with Gasteiger partial charge in [-0.2, -0.15) is 0 Å². The van der Waals surface area contributed by atoms with Crippen LogP contribution in [-0.2, 0) is 10.3 Å². The van der Waals surface area contributed by atoms with E-state index in [0.29, 0.717) is 6.42 Å². The fraction of sp³-hybridized carbons (Fsp3) is 0.500. The van der Waals surface area contributed by atoms with Gasteiger partial charge in [0.2, 0.25) is 5.91 Å². The van der Waals surface area contributed by atoms with Gasteiger partial charge in [0.05, 0.1) is 5.54 Å². The Labute approximate surface area is 195 Å². The van der Waals surface area contributed by atoms with Crippen molar-refractivity contribution in [3.63, 3.8) is 0 Å². The van der Waals surface area contributed by atoms with Crippen molar-refractivity contribution in [1.29, 1.82) is 0 Å². The van der Waals surface area contributed by atoms with Crippen LogP contribution in [-0.4, -0.2) is 61.0 Å². The fourth-order valence-corrected chi connectivity index (χ4v) is 6.16. The van der Waals surface area contributed by atoms with E-state index in [1.807, 2.05) is 23.6 Å². The van der Waals surface area contributed by atoms with Crippen LogP contribution < -0.4 is 5.32 Å². The summed E-state index contributed by atoms with van der Waals surface area (Å²) in [6, 6.07) is 12.7. The SMILES string of the molecule is CC(CC(=O)NCCCN1CCC(c2cccs2)(N(C)C)CC1)c1c[nH]c2ccccc12. The molecule has 1 aliphatic rings. The number of hydrogen-bond acceptors (Lipinski definition) is 4. The lowest BCUT2D eigenvalue weighted by atomic mass is 9.84. The van der Waals surface area contributed by atoms with Gasteiger partial charge >= 0.3 is 0 Å². The zero-order valence-corrected chi connectivity index (χ0v) is 20.4. The van der Waals surface area contributed by atoms with Gasteiger partial charge in [0.1, 0.15) is 0 Å². The predicted octanol–water partition coefficient (Wildman–Crippen LogP) is 4.78. The van der Waals surface area contributed by atoms with Crippen LogP contribution in [0.4, 0.5) is 0 Å². The third kappa shape index (κ3) is 4.92. The molecule has 5 nitrogen and oxygen atoms in total. The number of fused-ring (bicyclic) bond motifs is 1. The topological polar surface area (TPSA) is 51.4 Å². The van der Waals surface area contributed by atoms with Crippen LogP contribution in [0.3, 0.4) is 0 Å². The highest BCUT2D eigenvalue weighted by atomic mass is 32.1. The molecule has 0 saturated carbocycles. The summed E-state index contributed by atoms with van der Waals surface area (Å²) in [5.74, 6) is 0.343. The van der Waals surface area contributed by atoms with E-state index in [-0.39, 0.29) is 17.4 Å². The quantitative estimate of drug-likeness (QED) is 0.459. The van der Waals surface area contributed by atoms with Gasteiger partial charge in [0, 0.05) is 48.0 Å². The Morgan fingerprint density at radius 1 is 1.22 bits per heavy atom. The van der Waals surface area contributed by atoms with Crippen LogP contribution in [0, 0.1) is 0 Å². The number of thiophene rings is 1. The minimum atomic E-state index is 0.144. The summed E-state index contributed by atoms with van der Waals surface area (Å²) >= 11 is 1.88. The number of nitrogens with zero attached hydrogens (tertiary/aromatic N) is 2. The Kier molecular flexibility index (Phi) is 7.33. The smallest absolute Gasteiger partial charge is 0.220 e. The van der Waals surface area contributed by atoms with Gasteiger partial charge in [-0.25, -0.2) is 0 Å². The van der Waals surface area contributed by atoms with Crippen molar-refractivity contribution in [3.05, 3.63) is 58.4 Å². The van der Waals surface area contributed by atoms with E-state index in [1.54, 1.807) is 0 Å². The standard InChI is InChI=1S/C26H36N4OS/c1-20(22-19-28-23-9-5-4-8-21(22)23)18-25(31)27-13-7-14-30-15-11-26(12-16-30,29(2)3)24-10-6-17-32-24/h4-6,8-10,17,19-20,28H,7,11-16,18H2,1-3H3,(H,27,31). The number of aromatic nitrogens is 1. The summed E-state index contributed by atoms with van der Waals surface area (Å²) in [6.07, 6.45) is 5.89. The highest BCUT2D eigenvalue weighted by Gasteiger charge is 2.38. The first kappa shape index (κ1) is 23.0. The molecule has 172 valence electrons. The van der Waals surface area contributed by atoms with Crippen molar-refractivity contribution >= 4 is 28.1 Å². The zero-order chi connectivity index (χ0) is 22.6. The van der Waals surface area contributed by atoms with E-state index in [0.717, 1.165) is 51.0 Å². The Morgan fingerprint density at radius 3 is 2.72 bits per heavy atom. The largest absolute Gasteiger partial charge is 0.361 e. The van der Waals surface area contributed by atoms with Crippen LogP contribution in [0.5, 0.6) is 0 Å². The van der Waals surface area contributed by atoms with Crippen molar-refractivity contribution in [3.8, 4) is 0 Å². The van der Waals surface area contributed by atoms with E-state index >= 15 is 0 Å². The third-order valence-corrected chi connectivity index (χ3v) is 8.20. The van der Waals surface area contributed by atoms with Crippen molar-refractivity contribution in [1.82, 2.24) is 20.1 Å². The summed E-state index contributed by atoms with van der Waals surface area (Å²) in [5, 5.41) is 6.54. The number of nitrogens with one attached hydrogen (secondary N) is 2. The number of benzene rings is 1. The van der Waals surface area contributed by atoms with E-state index in [4.69, 9.17) is 0 Å². The van der Waals surface area contributed by atoms with E-state index < -0.39 is 0 Å². The van der Waals surface area contributed by atoms with Crippen LogP contribution in [0.25, 0.3) is 10.9 Å². The van der Waals surface area contributed by atoms with Gasteiger partial charge in [0.25, 0.3) is 0 Å². The molecule has 0 aliphatic carbocycles. The molecule has 1 saturated heterocycles. The highest BCUT2D eigenvalue weighted by Crippen LogP contribution is 2.39. The van der Waals surface area contributed by atoms with Crippen LogP contribution in [0.15, 0.2) is 48.0 Å². The van der Waals surface area contributed by atoms with E-state index in [2.05, 4.69) is 76.8 Å². The third-order valence-electron chi connectivity index (χ3n) is 7.14. The molecule has 1 unspecified atom stereocenters. The monoisotopic (exact) mass is 452 g/mol. The molecule has 0 spiro atoms. The van der Waals surface area contributed by atoms with Crippen LogP contribution in [0.2, 0.25) is 0 Å². The minimum absolute atomic E-state index is 0.144. The maximum Gasteiger partial charge on any atom is 0.220 e. The molecular weight excluding hydrogens is 416 g/mol. The number of amides is 1. The molecule has 1 atom stereocenters. The zero-order valence-electron chi connectivity index (χ0n) is 19.6. The molecule has 1 aliphatic heterocycles. The molecular formula is C26H36N4OS. The summed E-state index contributed by atoms with van der Waals surface area (Å²) in [7, 11) is 4.42. The second-order valence-corrected chi connectivity index (χ2v) is 10.3. The van der Waals surface area contributed by atoms with Gasteiger partial charge in [-0.1, -0.05) is 31.2 Å². The number of H-pyrrole nitrogens is 1. The van der Waals surface area contributed by atoms with Gasteiger partial charge < -0.3 is 15.2 Å². The number of aromatic amines is 1. The molecule has 6 heteroatoms. The van der Waals surface area contributed by atoms with Crippen molar-refractivity contribution in [2.24, 2.45) is 0 Å². The Morgan fingerprint density at radius 2 is 2.00 bits per heavy atom. The van der Waals surface area contributed by atoms with Gasteiger partial charge in [0.15, 0.2) is 0 Å².